The van der Waals surface area contributed by atoms with Crippen molar-refractivity contribution in [3.8, 4) is 12.1 Å². The van der Waals surface area contributed by atoms with Gasteiger partial charge in [-0.25, -0.2) is 0 Å². The highest BCUT2D eigenvalue weighted by atomic mass is 19.4. The molecule has 1 aromatic heterocycles. The largest absolute Gasteiger partial charge is 0.418 e. The highest BCUT2D eigenvalue weighted by Gasteiger charge is 2.33. The third kappa shape index (κ3) is 3.19. The summed E-state index contributed by atoms with van der Waals surface area (Å²) in [4.78, 5) is 0. The molecule has 0 bridgehead atoms. The van der Waals surface area contributed by atoms with Crippen molar-refractivity contribution in [1.82, 2.24) is 20.6 Å². The van der Waals surface area contributed by atoms with E-state index >= 15 is 0 Å². The minimum absolute atomic E-state index is 0.0581. The molecule has 0 spiro atoms. The summed E-state index contributed by atoms with van der Waals surface area (Å²) < 4.78 is 38.9. The van der Waals surface area contributed by atoms with Gasteiger partial charge in [0.15, 0.2) is 0 Å². The SMILES string of the molecule is N#CC(=CNc1ccc(C#N)cc1C(F)(F)F)c1nn[nH]n1. The molecule has 2 N–H and O–H groups in total. The van der Waals surface area contributed by atoms with E-state index < -0.39 is 11.7 Å². The second-order valence-electron chi connectivity index (χ2n) is 3.92. The van der Waals surface area contributed by atoms with Crippen molar-refractivity contribution >= 4 is 11.3 Å². The lowest BCUT2D eigenvalue weighted by Crippen LogP contribution is -2.09. The molecule has 0 aliphatic rings. The molecule has 2 rings (SSSR count). The van der Waals surface area contributed by atoms with Crippen LogP contribution >= 0.6 is 0 Å². The molecule has 0 saturated heterocycles. The lowest BCUT2D eigenvalue weighted by Gasteiger charge is -2.12. The van der Waals surface area contributed by atoms with Crippen LogP contribution in [0.4, 0.5) is 18.9 Å². The van der Waals surface area contributed by atoms with Crippen LogP contribution in [-0.2, 0) is 6.18 Å². The van der Waals surface area contributed by atoms with Gasteiger partial charge in [-0.15, -0.1) is 10.2 Å². The number of H-pyrrole nitrogens is 1. The molecule has 2 aromatic rings. The predicted molar refractivity (Wildman–Crippen MR) is 67.5 cm³/mol. The Bertz CT molecular complexity index is 779. The Morgan fingerprint density at radius 3 is 2.64 bits per heavy atom. The fourth-order valence-corrected chi connectivity index (χ4v) is 1.55. The molecule has 0 radical (unpaired) electrons. The zero-order valence-corrected chi connectivity index (χ0v) is 10.7. The zero-order valence-electron chi connectivity index (χ0n) is 10.7. The number of nitriles is 2. The lowest BCUT2D eigenvalue weighted by atomic mass is 10.1. The van der Waals surface area contributed by atoms with Gasteiger partial charge in [-0.3, -0.25) is 0 Å². The Morgan fingerprint density at radius 1 is 1.32 bits per heavy atom. The van der Waals surface area contributed by atoms with Gasteiger partial charge in [0, 0.05) is 6.20 Å². The Kier molecular flexibility index (Phi) is 4.04. The van der Waals surface area contributed by atoms with Crippen molar-refractivity contribution in [3.05, 3.63) is 41.4 Å². The molecular weight excluding hydrogens is 299 g/mol. The third-order valence-electron chi connectivity index (χ3n) is 2.53. The summed E-state index contributed by atoms with van der Waals surface area (Å²) in [5.74, 6) is -0.0581. The number of alkyl halides is 3. The van der Waals surface area contributed by atoms with Gasteiger partial charge in [0.1, 0.15) is 11.6 Å². The molecule has 0 fully saturated rings. The van der Waals surface area contributed by atoms with E-state index in [1.807, 2.05) is 0 Å². The van der Waals surface area contributed by atoms with Gasteiger partial charge in [0.05, 0.1) is 22.9 Å². The van der Waals surface area contributed by atoms with Crippen LogP contribution in [0.2, 0.25) is 0 Å². The van der Waals surface area contributed by atoms with Crippen LogP contribution in [0.1, 0.15) is 17.0 Å². The second kappa shape index (κ2) is 5.93. The summed E-state index contributed by atoms with van der Waals surface area (Å²) in [7, 11) is 0. The lowest BCUT2D eigenvalue weighted by molar-refractivity contribution is -0.136. The van der Waals surface area contributed by atoms with Crippen LogP contribution in [0.5, 0.6) is 0 Å². The minimum atomic E-state index is -4.65. The molecule has 0 amide bonds. The monoisotopic (exact) mass is 305 g/mol. The molecule has 1 aromatic carbocycles. The molecule has 0 unspecified atom stereocenters. The zero-order chi connectivity index (χ0) is 16.2. The Morgan fingerprint density at radius 2 is 2.09 bits per heavy atom. The number of nitrogens with one attached hydrogen (secondary N) is 2. The molecule has 0 aliphatic carbocycles. The van der Waals surface area contributed by atoms with Crippen LogP contribution in [0.3, 0.4) is 0 Å². The summed E-state index contributed by atoms with van der Waals surface area (Å²) in [6.07, 6.45) is -3.62. The molecule has 0 aliphatic heterocycles. The van der Waals surface area contributed by atoms with E-state index in [0.29, 0.717) is 0 Å². The van der Waals surface area contributed by atoms with Gasteiger partial charge < -0.3 is 5.32 Å². The number of aromatic nitrogens is 4. The normalized spacial score (nSPS) is 11.6. The smallest absolute Gasteiger partial charge is 0.360 e. The number of rotatable bonds is 3. The minimum Gasteiger partial charge on any atom is -0.360 e. The number of aromatic amines is 1. The van der Waals surface area contributed by atoms with Crippen LogP contribution in [0.15, 0.2) is 24.4 Å². The molecule has 0 atom stereocenters. The van der Waals surface area contributed by atoms with Gasteiger partial charge >= 0.3 is 6.18 Å². The number of anilines is 1. The molecule has 22 heavy (non-hydrogen) atoms. The van der Waals surface area contributed by atoms with Crippen molar-refractivity contribution in [2.24, 2.45) is 0 Å². The molecule has 110 valence electrons. The van der Waals surface area contributed by atoms with Crippen LogP contribution < -0.4 is 5.32 Å². The summed E-state index contributed by atoms with van der Waals surface area (Å²) in [5, 5.41) is 32.5. The number of benzene rings is 1. The standard InChI is InChI=1S/C12H6F3N7/c13-12(14,15)9-3-7(4-16)1-2-10(9)18-6-8(5-17)11-19-21-22-20-11/h1-3,6,18H,(H,19,20,21,22). The van der Waals surface area contributed by atoms with Gasteiger partial charge in [0.25, 0.3) is 0 Å². The van der Waals surface area contributed by atoms with E-state index in [9.17, 15) is 13.2 Å². The van der Waals surface area contributed by atoms with E-state index in [0.717, 1.165) is 18.3 Å². The van der Waals surface area contributed by atoms with E-state index in [1.165, 1.54) is 6.07 Å². The molecule has 0 saturated carbocycles. The van der Waals surface area contributed by atoms with Crippen molar-refractivity contribution in [2.45, 2.75) is 6.18 Å². The van der Waals surface area contributed by atoms with E-state index in [2.05, 4.69) is 25.9 Å². The average molecular weight is 305 g/mol. The van der Waals surface area contributed by atoms with E-state index in [1.54, 1.807) is 12.1 Å². The summed E-state index contributed by atoms with van der Waals surface area (Å²) in [6.45, 7) is 0. The third-order valence-corrected chi connectivity index (χ3v) is 2.53. The van der Waals surface area contributed by atoms with Crippen LogP contribution in [0.25, 0.3) is 5.57 Å². The summed E-state index contributed by atoms with van der Waals surface area (Å²) >= 11 is 0. The van der Waals surface area contributed by atoms with Crippen molar-refractivity contribution in [1.29, 1.82) is 10.5 Å². The first-order chi connectivity index (χ1) is 10.5. The summed E-state index contributed by atoms with van der Waals surface area (Å²) in [5.41, 5.74) is -1.55. The number of hydrogen-bond donors (Lipinski definition) is 2. The first kappa shape index (κ1) is 15.0. The van der Waals surface area contributed by atoms with E-state index in [-0.39, 0.29) is 22.6 Å². The maximum atomic E-state index is 13.0. The molecular formula is C12H6F3N7. The fraction of sp³-hybridized carbons (Fsp3) is 0.0833. The average Bonchev–Trinajstić information content (AvgIpc) is 3.01. The van der Waals surface area contributed by atoms with Crippen molar-refractivity contribution in [2.75, 3.05) is 5.32 Å². The van der Waals surface area contributed by atoms with Crippen molar-refractivity contribution in [3.63, 3.8) is 0 Å². The van der Waals surface area contributed by atoms with Crippen LogP contribution in [-0.4, -0.2) is 20.6 Å². The van der Waals surface area contributed by atoms with Gasteiger partial charge in [-0.05, 0) is 23.4 Å². The number of hydrogen-bond acceptors (Lipinski definition) is 6. The van der Waals surface area contributed by atoms with E-state index in [4.69, 9.17) is 10.5 Å². The first-order valence-corrected chi connectivity index (χ1v) is 5.67. The highest BCUT2D eigenvalue weighted by molar-refractivity contribution is 5.74. The molecule has 10 heteroatoms. The Labute approximate surface area is 121 Å². The number of tetrazole rings is 1. The van der Waals surface area contributed by atoms with Gasteiger partial charge in [0.2, 0.25) is 5.82 Å². The fourth-order valence-electron chi connectivity index (χ4n) is 1.55. The predicted octanol–water partition coefficient (Wildman–Crippen LogP) is 2.07. The first-order valence-electron chi connectivity index (χ1n) is 5.67. The maximum Gasteiger partial charge on any atom is 0.418 e. The second-order valence-corrected chi connectivity index (χ2v) is 3.92. The van der Waals surface area contributed by atoms with Gasteiger partial charge in [-0.2, -0.15) is 28.9 Å². The Hall–Kier alpha value is -3.40. The number of nitrogens with zero attached hydrogens (tertiary/aromatic N) is 5. The number of allylic oxidation sites excluding steroid dienone is 1. The van der Waals surface area contributed by atoms with Crippen molar-refractivity contribution < 1.29 is 13.2 Å². The molecule has 7 nitrogen and oxygen atoms in total. The molecule has 1 heterocycles. The number of halogens is 3. The highest BCUT2D eigenvalue weighted by Crippen LogP contribution is 2.35. The topological polar surface area (TPSA) is 114 Å². The van der Waals surface area contributed by atoms with Gasteiger partial charge in [-0.1, -0.05) is 0 Å². The maximum absolute atomic E-state index is 13.0. The quantitative estimate of drug-likeness (QED) is 0.839. The van der Waals surface area contributed by atoms with Crippen LogP contribution in [0, 0.1) is 22.7 Å². The Balaban J connectivity index is 2.38. The summed E-state index contributed by atoms with van der Waals surface area (Å²) in [6, 6.07) is 6.42.